The number of halogens is 4. The van der Waals surface area contributed by atoms with E-state index in [1.54, 1.807) is 35.8 Å². The van der Waals surface area contributed by atoms with E-state index in [1.807, 2.05) is 0 Å². The van der Waals surface area contributed by atoms with Crippen LogP contribution in [0.15, 0.2) is 42.5 Å². The maximum Gasteiger partial charge on any atom is 0.324 e. The van der Waals surface area contributed by atoms with E-state index in [0.717, 1.165) is 0 Å². The SMILES string of the molecule is O=C(NNC(=O)C(F)F)c1cc(F)c(CN(C(=O)N2CCOCC2)c2ccccc2)c(F)c1. The number of nitrogens with one attached hydrogen (secondary N) is 2. The lowest BCUT2D eigenvalue weighted by Gasteiger charge is -2.33. The van der Waals surface area contributed by atoms with Crippen LogP contribution in [0.5, 0.6) is 0 Å². The van der Waals surface area contributed by atoms with Crippen LogP contribution in [0.25, 0.3) is 0 Å². The minimum atomic E-state index is -3.38. The van der Waals surface area contributed by atoms with Crippen LogP contribution in [-0.4, -0.2) is 55.5 Å². The van der Waals surface area contributed by atoms with Crippen LogP contribution in [0.2, 0.25) is 0 Å². The lowest BCUT2D eigenvalue weighted by molar-refractivity contribution is -0.132. The van der Waals surface area contributed by atoms with E-state index in [2.05, 4.69) is 0 Å². The highest BCUT2D eigenvalue weighted by Crippen LogP contribution is 2.23. The van der Waals surface area contributed by atoms with Gasteiger partial charge in [0.15, 0.2) is 0 Å². The first-order valence-electron chi connectivity index (χ1n) is 9.83. The smallest absolute Gasteiger partial charge is 0.324 e. The number of hydrazine groups is 1. The Morgan fingerprint density at radius 2 is 1.61 bits per heavy atom. The molecule has 0 saturated carbocycles. The van der Waals surface area contributed by atoms with Crippen LogP contribution in [0.3, 0.4) is 0 Å². The van der Waals surface area contributed by atoms with Gasteiger partial charge in [-0.2, -0.15) is 8.78 Å². The third kappa shape index (κ3) is 5.98. The molecule has 1 aliphatic rings. The number of hydrogen-bond acceptors (Lipinski definition) is 4. The molecule has 0 unspecified atom stereocenters. The van der Waals surface area contributed by atoms with E-state index in [1.165, 1.54) is 15.2 Å². The zero-order valence-electron chi connectivity index (χ0n) is 17.2. The number of alkyl halides is 2. The third-order valence-corrected chi connectivity index (χ3v) is 4.80. The Kier molecular flexibility index (Phi) is 7.83. The van der Waals surface area contributed by atoms with Gasteiger partial charge in [0.05, 0.1) is 19.8 Å². The highest BCUT2D eigenvalue weighted by Gasteiger charge is 2.27. The molecule has 0 aromatic heterocycles. The van der Waals surface area contributed by atoms with Crippen LogP contribution in [0.1, 0.15) is 15.9 Å². The van der Waals surface area contributed by atoms with Crippen molar-refractivity contribution in [1.82, 2.24) is 15.8 Å². The number of rotatable bonds is 5. The summed E-state index contributed by atoms with van der Waals surface area (Å²) in [6.45, 7) is 0.834. The number of carbonyl (C=O) groups is 3. The highest BCUT2D eigenvalue weighted by atomic mass is 19.3. The summed E-state index contributed by atoms with van der Waals surface area (Å²) in [6, 6.07) is 9.19. The second kappa shape index (κ2) is 10.8. The van der Waals surface area contributed by atoms with Gasteiger partial charge in [-0.05, 0) is 24.3 Å². The molecule has 4 amide bonds. The molecule has 0 aliphatic carbocycles. The van der Waals surface area contributed by atoms with E-state index in [-0.39, 0.29) is 0 Å². The molecule has 0 atom stereocenters. The molecule has 176 valence electrons. The molecule has 1 fully saturated rings. The van der Waals surface area contributed by atoms with Crippen molar-refractivity contribution in [2.45, 2.75) is 13.0 Å². The molecular formula is C21H20F4N4O4. The largest absolute Gasteiger partial charge is 0.378 e. The fourth-order valence-electron chi connectivity index (χ4n) is 3.09. The lowest BCUT2D eigenvalue weighted by Crippen LogP contribution is -2.48. The zero-order valence-corrected chi connectivity index (χ0v) is 17.2. The van der Waals surface area contributed by atoms with Crippen LogP contribution >= 0.6 is 0 Å². The Labute approximate surface area is 186 Å². The van der Waals surface area contributed by atoms with Crippen LogP contribution in [-0.2, 0) is 16.1 Å². The van der Waals surface area contributed by atoms with Crippen molar-refractivity contribution in [2.24, 2.45) is 0 Å². The summed E-state index contributed by atoms with van der Waals surface area (Å²) in [5.41, 5.74) is 2.47. The first-order chi connectivity index (χ1) is 15.8. The van der Waals surface area contributed by atoms with Crippen molar-refractivity contribution < 1.29 is 36.7 Å². The van der Waals surface area contributed by atoms with E-state index in [4.69, 9.17) is 4.74 Å². The van der Waals surface area contributed by atoms with Gasteiger partial charge in [-0.3, -0.25) is 25.3 Å². The average molecular weight is 468 g/mol. The number of morpholine rings is 1. The molecule has 33 heavy (non-hydrogen) atoms. The van der Waals surface area contributed by atoms with Crippen molar-refractivity contribution in [3.05, 3.63) is 65.2 Å². The number of nitrogens with zero attached hydrogens (tertiary/aromatic N) is 2. The lowest BCUT2D eigenvalue weighted by atomic mass is 10.1. The fraction of sp³-hybridized carbons (Fsp3) is 0.286. The number of amides is 4. The Bertz CT molecular complexity index is 994. The maximum atomic E-state index is 14.8. The number of ether oxygens (including phenoxy) is 1. The molecule has 2 aromatic rings. The molecule has 0 radical (unpaired) electrons. The summed E-state index contributed by atoms with van der Waals surface area (Å²) in [5.74, 6) is -5.23. The van der Waals surface area contributed by atoms with Gasteiger partial charge in [-0.25, -0.2) is 13.6 Å². The van der Waals surface area contributed by atoms with Crippen LogP contribution in [0, 0.1) is 11.6 Å². The molecule has 0 spiro atoms. The molecule has 2 aromatic carbocycles. The van der Waals surface area contributed by atoms with Crippen molar-refractivity contribution in [3.63, 3.8) is 0 Å². The first-order valence-corrected chi connectivity index (χ1v) is 9.83. The molecule has 12 heteroatoms. The predicted molar refractivity (Wildman–Crippen MR) is 108 cm³/mol. The van der Waals surface area contributed by atoms with E-state index >= 15 is 0 Å². The normalized spacial score (nSPS) is 13.5. The monoisotopic (exact) mass is 468 g/mol. The molecule has 8 nitrogen and oxygen atoms in total. The molecule has 1 aliphatic heterocycles. The van der Waals surface area contributed by atoms with Gasteiger partial charge in [0.1, 0.15) is 11.6 Å². The van der Waals surface area contributed by atoms with E-state index in [9.17, 15) is 31.9 Å². The molecule has 1 heterocycles. The van der Waals surface area contributed by atoms with Gasteiger partial charge in [-0.15, -0.1) is 0 Å². The minimum Gasteiger partial charge on any atom is -0.378 e. The maximum absolute atomic E-state index is 14.8. The van der Waals surface area contributed by atoms with Crippen molar-refractivity contribution >= 4 is 23.5 Å². The van der Waals surface area contributed by atoms with E-state index in [0.29, 0.717) is 44.1 Å². The minimum absolute atomic E-state index is 0.316. The second-order valence-electron chi connectivity index (χ2n) is 6.97. The number of hydrogen-bond donors (Lipinski definition) is 2. The zero-order chi connectivity index (χ0) is 24.0. The van der Waals surface area contributed by atoms with Crippen molar-refractivity contribution in [1.29, 1.82) is 0 Å². The fourth-order valence-corrected chi connectivity index (χ4v) is 3.09. The summed E-state index contributed by atoms with van der Waals surface area (Å²) in [7, 11) is 0. The van der Waals surface area contributed by atoms with Crippen molar-refractivity contribution in [2.75, 3.05) is 31.2 Å². The first kappa shape index (κ1) is 24.0. The average Bonchev–Trinajstić information content (AvgIpc) is 2.82. The molecule has 3 rings (SSSR count). The van der Waals surface area contributed by atoms with Crippen LogP contribution in [0.4, 0.5) is 28.0 Å². The Hall–Kier alpha value is -3.67. The summed E-state index contributed by atoms with van der Waals surface area (Å²) >= 11 is 0. The molecule has 2 N–H and O–H groups in total. The van der Waals surface area contributed by atoms with Gasteiger partial charge in [0.2, 0.25) is 0 Å². The Balaban J connectivity index is 1.83. The Morgan fingerprint density at radius 1 is 1.00 bits per heavy atom. The summed E-state index contributed by atoms with van der Waals surface area (Å²) < 4.78 is 59.2. The molecule has 0 bridgehead atoms. The van der Waals surface area contributed by atoms with Crippen molar-refractivity contribution in [3.8, 4) is 0 Å². The third-order valence-electron chi connectivity index (χ3n) is 4.80. The van der Waals surface area contributed by atoms with Gasteiger partial charge in [0, 0.05) is 29.9 Å². The number of benzene rings is 2. The molecular weight excluding hydrogens is 448 g/mol. The topological polar surface area (TPSA) is 91.0 Å². The van der Waals surface area contributed by atoms with Gasteiger partial charge in [0.25, 0.3) is 5.91 Å². The predicted octanol–water partition coefficient (Wildman–Crippen LogP) is 2.45. The molecule has 1 saturated heterocycles. The van der Waals surface area contributed by atoms with Gasteiger partial charge < -0.3 is 9.64 Å². The highest BCUT2D eigenvalue weighted by molar-refractivity contribution is 5.96. The summed E-state index contributed by atoms with van der Waals surface area (Å²) in [4.78, 5) is 38.6. The summed E-state index contributed by atoms with van der Waals surface area (Å²) in [6.07, 6.45) is -3.38. The summed E-state index contributed by atoms with van der Waals surface area (Å²) in [5, 5.41) is 0. The number of carbonyl (C=O) groups excluding carboxylic acids is 3. The van der Waals surface area contributed by atoms with Gasteiger partial charge in [-0.1, -0.05) is 18.2 Å². The second-order valence-corrected chi connectivity index (χ2v) is 6.97. The Morgan fingerprint density at radius 3 is 2.18 bits per heavy atom. The quantitative estimate of drug-likeness (QED) is 0.521. The van der Waals surface area contributed by atoms with E-state index < -0.39 is 53.6 Å². The number of urea groups is 1. The number of anilines is 1. The van der Waals surface area contributed by atoms with Crippen LogP contribution < -0.4 is 15.8 Å². The number of para-hydroxylation sites is 1. The standard InChI is InChI=1S/C21H20F4N4O4/c22-16-10-13(19(30)26-27-20(31)18(24)25)11-17(23)15(16)12-29(14-4-2-1-3-5-14)21(32)28-6-8-33-9-7-28/h1-5,10-11,18H,6-9,12H2,(H,26,30)(H,27,31). The van der Waals surface area contributed by atoms with Gasteiger partial charge >= 0.3 is 18.4 Å².